The predicted octanol–water partition coefficient (Wildman–Crippen LogP) is 1.20. The van der Waals surface area contributed by atoms with Crippen LogP contribution in [0.2, 0.25) is 0 Å². The van der Waals surface area contributed by atoms with Gasteiger partial charge in [0.15, 0.2) is 0 Å². The highest BCUT2D eigenvalue weighted by atomic mass is 16.4. The number of rotatable bonds is 2. The highest BCUT2D eigenvalue weighted by molar-refractivity contribution is 5.66. The molecular formula is C9H15N3O4. The van der Waals surface area contributed by atoms with Gasteiger partial charge in [0.05, 0.1) is 0 Å². The minimum atomic E-state index is -1.09. The average molecular weight is 229 g/mol. The highest BCUT2D eigenvalue weighted by Gasteiger charge is 2.34. The summed E-state index contributed by atoms with van der Waals surface area (Å²) in [4.78, 5) is 23.1. The molecule has 0 radical (unpaired) electrons. The summed E-state index contributed by atoms with van der Waals surface area (Å²) in [6.07, 6.45) is -1.09. The van der Waals surface area contributed by atoms with Crippen LogP contribution in [0.15, 0.2) is 9.21 Å². The zero-order chi connectivity index (χ0) is 12.5. The number of hydrogen-bond donors (Lipinski definition) is 2. The van der Waals surface area contributed by atoms with Gasteiger partial charge in [-0.15, -0.1) is 5.10 Å². The van der Waals surface area contributed by atoms with Crippen molar-refractivity contribution in [1.82, 2.24) is 15.1 Å². The number of aromatic nitrogens is 2. The van der Waals surface area contributed by atoms with Crippen molar-refractivity contribution in [2.45, 2.75) is 39.3 Å². The molecule has 1 aromatic heterocycles. The Balaban J connectivity index is 3.05. The molecule has 0 unspecified atom stereocenters. The Morgan fingerprint density at radius 1 is 1.56 bits per heavy atom. The standard InChI is InChI=1S/C9H15N3O4/c1-5(6-10-11-7(13)16-6)12(8(14)15)9(2,3)4/h5H,1-4H3,(H,11,13)(H,14,15)/t5-/m1/s1. The van der Waals surface area contributed by atoms with Crippen LogP contribution in [-0.2, 0) is 0 Å². The van der Waals surface area contributed by atoms with Crippen molar-refractivity contribution >= 4 is 6.09 Å². The first-order valence-corrected chi connectivity index (χ1v) is 4.81. The van der Waals surface area contributed by atoms with Crippen LogP contribution in [0.4, 0.5) is 4.79 Å². The van der Waals surface area contributed by atoms with Crippen LogP contribution in [-0.4, -0.2) is 31.8 Å². The Labute approximate surface area is 92.1 Å². The Bertz CT molecular complexity index is 428. The van der Waals surface area contributed by atoms with Gasteiger partial charge in [0.25, 0.3) is 0 Å². The SMILES string of the molecule is C[C@H](c1n[nH]c(=O)o1)N(C(=O)O)C(C)(C)C. The van der Waals surface area contributed by atoms with E-state index in [4.69, 9.17) is 9.52 Å². The van der Waals surface area contributed by atoms with Gasteiger partial charge in [-0.2, -0.15) is 0 Å². The van der Waals surface area contributed by atoms with Gasteiger partial charge in [-0.05, 0) is 27.7 Å². The van der Waals surface area contributed by atoms with Crippen LogP contribution >= 0.6 is 0 Å². The second-order valence-electron chi connectivity index (χ2n) is 4.45. The molecule has 1 aromatic rings. The van der Waals surface area contributed by atoms with Crippen LogP contribution in [0, 0.1) is 0 Å². The molecule has 90 valence electrons. The van der Waals surface area contributed by atoms with Crippen molar-refractivity contribution in [3.63, 3.8) is 0 Å². The molecule has 0 spiro atoms. The summed E-state index contributed by atoms with van der Waals surface area (Å²) in [7, 11) is 0. The Morgan fingerprint density at radius 2 is 2.12 bits per heavy atom. The van der Waals surface area contributed by atoms with Crippen molar-refractivity contribution in [3.05, 3.63) is 16.4 Å². The molecule has 0 aromatic carbocycles. The summed E-state index contributed by atoms with van der Waals surface area (Å²) in [6, 6.07) is -0.628. The monoisotopic (exact) mass is 229 g/mol. The Morgan fingerprint density at radius 3 is 2.44 bits per heavy atom. The fourth-order valence-corrected chi connectivity index (χ4v) is 1.56. The third-order valence-electron chi connectivity index (χ3n) is 2.13. The van der Waals surface area contributed by atoms with Crippen LogP contribution in [0.25, 0.3) is 0 Å². The molecular weight excluding hydrogens is 214 g/mol. The summed E-state index contributed by atoms with van der Waals surface area (Å²) < 4.78 is 4.74. The van der Waals surface area contributed by atoms with E-state index in [0.717, 1.165) is 0 Å². The number of aromatic amines is 1. The number of amides is 1. The van der Waals surface area contributed by atoms with Gasteiger partial charge in [0.2, 0.25) is 5.89 Å². The summed E-state index contributed by atoms with van der Waals surface area (Å²) in [5.74, 6) is -0.636. The minimum absolute atomic E-state index is 0.0577. The van der Waals surface area contributed by atoms with Crippen LogP contribution in [0.5, 0.6) is 0 Å². The van der Waals surface area contributed by atoms with E-state index in [2.05, 4.69) is 10.2 Å². The van der Waals surface area contributed by atoms with Crippen molar-refractivity contribution < 1.29 is 14.3 Å². The number of carboxylic acid groups (broad SMARTS) is 1. The van der Waals surface area contributed by atoms with E-state index in [0.29, 0.717) is 0 Å². The molecule has 2 N–H and O–H groups in total. The molecule has 7 nitrogen and oxygen atoms in total. The number of nitrogens with zero attached hydrogens (tertiary/aromatic N) is 2. The zero-order valence-electron chi connectivity index (χ0n) is 9.64. The molecule has 1 amide bonds. The molecule has 1 atom stereocenters. The lowest BCUT2D eigenvalue weighted by atomic mass is 10.0. The second kappa shape index (κ2) is 3.99. The van der Waals surface area contributed by atoms with Crippen molar-refractivity contribution in [3.8, 4) is 0 Å². The van der Waals surface area contributed by atoms with Crippen LogP contribution in [0.1, 0.15) is 39.6 Å². The van der Waals surface area contributed by atoms with E-state index in [1.807, 2.05) is 0 Å². The molecule has 0 saturated carbocycles. The minimum Gasteiger partial charge on any atom is -0.465 e. The van der Waals surface area contributed by atoms with Crippen molar-refractivity contribution in [1.29, 1.82) is 0 Å². The average Bonchev–Trinajstić information content (AvgIpc) is 2.48. The largest absolute Gasteiger partial charge is 0.465 e. The summed E-state index contributed by atoms with van der Waals surface area (Å²) in [5, 5.41) is 14.8. The summed E-state index contributed by atoms with van der Waals surface area (Å²) >= 11 is 0. The maximum Gasteiger partial charge on any atom is 0.434 e. The predicted molar refractivity (Wildman–Crippen MR) is 55.2 cm³/mol. The molecule has 0 aliphatic heterocycles. The normalized spacial score (nSPS) is 13.5. The fraction of sp³-hybridized carbons (Fsp3) is 0.667. The van der Waals surface area contributed by atoms with E-state index in [-0.39, 0.29) is 5.89 Å². The maximum absolute atomic E-state index is 11.1. The lowest BCUT2D eigenvalue weighted by Crippen LogP contribution is -2.46. The molecule has 0 bridgehead atoms. The number of hydrogen-bond acceptors (Lipinski definition) is 4. The Kier molecular flexibility index (Phi) is 3.06. The van der Waals surface area contributed by atoms with E-state index >= 15 is 0 Å². The summed E-state index contributed by atoms with van der Waals surface area (Å²) in [5.41, 5.74) is -0.608. The Hall–Kier alpha value is -1.79. The molecule has 0 fully saturated rings. The van der Waals surface area contributed by atoms with Gasteiger partial charge in [0.1, 0.15) is 6.04 Å². The fourth-order valence-electron chi connectivity index (χ4n) is 1.56. The maximum atomic E-state index is 11.1. The molecule has 0 aliphatic rings. The highest BCUT2D eigenvalue weighted by Crippen LogP contribution is 2.26. The van der Waals surface area contributed by atoms with E-state index in [1.54, 1.807) is 27.7 Å². The van der Waals surface area contributed by atoms with Crippen LogP contribution < -0.4 is 5.76 Å². The topological polar surface area (TPSA) is 99.4 Å². The quantitative estimate of drug-likeness (QED) is 0.793. The van der Waals surface area contributed by atoms with Crippen molar-refractivity contribution in [2.24, 2.45) is 0 Å². The molecule has 16 heavy (non-hydrogen) atoms. The van der Waals surface area contributed by atoms with E-state index < -0.39 is 23.4 Å². The first-order chi connectivity index (χ1) is 7.23. The molecule has 1 rings (SSSR count). The lowest BCUT2D eigenvalue weighted by molar-refractivity contribution is 0.0661. The van der Waals surface area contributed by atoms with Gasteiger partial charge >= 0.3 is 11.8 Å². The third-order valence-corrected chi connectivity index (χ3v) is 2.13. The molecule has 1 heterocycles. The van der Waals surface area contributed by atoms with Gasteiger partial charge in [-0.25, -0.2) is 14.7 Å². The smallest absolute Gasteiger partial charge is 0.434 e. The van der Waals surface area contributed by atoms with Gasteiger partial charge in [0, 0.05) is 5.54 Å². The van der Waals surface area contributed by atoms with E-state index in [9.17, 15) is 9.59 Å². The second-order valence-corrected chi connectivity index (χ2v) is 4.45. The summed E-state index contributed by atoms with van der Waals surface area (Å²) in [6.45, 7) is 6.87. The van der Waals surface area contributed by atoms with Gasteiger partial charge in [-0.3, -0.25) is 4.90 Å². The number of H-pyrrole nitrogens is 1. The van der Waals surface area contributed by atoms with Gasteiger partial charge in [-0.1, -0.05) is 0 Å². The lowest BCUT2D eigenvalue weighted by Gasteiger charge is -2.36. The number of nitrogens with one attached hydrogen (secondary N) is 1. The first kappa shape index (κ1) is 12.3. The molecule has 0 aliphatic carbocycles. The van der Waals surface area contributed by atoms with Gasteiger partial charge < -0.3 is 9.52 Å². The molecule has 7 heteroatoms. The van der Waals surface area contributed by atoms with Crippen molar-refractivity contribution in [2.75, 3.05) is 0 Å². The zero-order valence-corrected chi connectivity index (χ0v) is 9.64. The number of carbonyl (C=O) groups is 1. The van der Waals surface area contributed by atoms with E-state index in [1.165, 1.54) is 4.90 Å². The first-order valence-electron chi connectivity index (χ1n) is 4.81. The van der Waals surface area contributed by atoms with Crippen LogP contribution in [0.3, 0.4) is 0 Å². The third kappa shape index (κ3) is 2.41. The molecule has 0 saturated heterocycles.